The van der Waals surface area contributed by atoms with Gasteiger partial charge in [0.1, 0.15) is 5.75 Å². The predicted molar refractivity (Wildman–Crippen MR) is 77.2 cm³/mol. The molecule has 2 aromatic rings. The highest BCUT2D eigenvalue weighted by Crippen LogP contribution is 2.30. The van der Waals surface area contributed by atoms with E-state index >= 15 is 0 Å². The van der Waals surface area contributed by atoms with E-state index in [9.17, 15) is 0 Å². The Morgan fingerprint density at radius 1 is 1.17 bits per heavy atom. The smallest absolute Gasteiger partial charge is 0.126 e. The van der Waals surface area contributed by atoms with Crippen LogP contribution in [0.25, 0.3) is 11.1 Å². The van der Waals surface area contributed by atoms with Gasteiger partial charge in [-0.2, -0.15) is 0 Å². The zero-order valence-electron chi connectivity index (χ0n) is 10.1. The maximum Gasteiger partial charge on any atom is 0.126 e. The van der Waals surface area contributed by atoms with Crippen LogP contribution in [-0.4, -0.2) is 12.3 Å². The van der Waals surface area contributed by atoms with Gasteiger partial charge in [-0.25, -0.2) is 4.99 Å². The third-order valence-corrected chi connectivity index (χ3v) is 2.80. The molecule has 0 atom stereocenters. The normalized spacial score (nSPS) is 9.61. The maximum absolute atomic E-state index is 5.39. The highest BCUT2D eigenvalue weighted by molar-refractivity contribution is 7.78. The first-order valence-electron chi connectivity index (χ1n) is 5.61. The van der Waals surface area contributed by atoms with E-state index < -0.39 is 0 Å². The second-order valence-electron chi connectivity index (χ2n) is 3.81. The molecule has 0 saturated carbocycles. The SMILES string of the molecule is COc1ccc(CN=C=S)cc1-c1ccccc1. The summed E-state index contributed by atoms with van der Waals surface area (Å²) >= 11 is 4.58. The van der Waals surface area contributed by atoms with E-state index in [0.717, 1.165) is 22.4 Å². The van der Waals surface area contributed by atoms with Crippen molar-refractivity contribution >= 4 is 17.4 Å². The number of hydrogen-bond acceptors (Lipinski definition) is 3. The quantitative estimate of drug-likeness (QED) is 0.609. The summed E-state index contributed by atoms with van der Waals surface area (Å²) in [6.07, 6.45) is 0. The molecule has 0 aliphatic rings. The summed E-state index contributed by atoms with van der Waals surface area (Å²) < 4.78 is 5.39. The first kappa shape index (κ1) is 12.5. The summed E-state index contributed by atoms with van der Waals surface area (Å²) in [6, 6.07) is 16.2. The van der Waals surface area contributed by atoms with Crippen LogP contribution >= 0.6 is 12.2 Å². The lowest BCUT2D eigenvalue weighted by atomic mass is 10.0. The molecule has 0 saturated heterocycles. The van der Waals surface area contributed by atoms with Crippen LogP contribution in [0.5, 0.6) is 5.75 Å². The first-order valence-corrected chi connectivity index (χ1v) is 6.02. The van der Waals surface area contributed by atoms with Crippen LogP contribution in [0.15, 0.2) is 53.5 Å². The summed E-state index contributed by atoms with van der Waals surface area (Å²) in [5, 5.41) is 2.38. The number of hydrogen-bond donors (Lipinski definition) is 0. The number of ether oxygens (including phenoxy) is 1. The minimum Gasteiger partial charge on any atom is -0.496 e. The molecule has 0 amide bonds. The molecule has 0 aliphatic heterocycles. The van der Waals surface area contributed by atoms with Crippen molar-refractivity contribution in [3.63, 3.8) is 0 Å². The van der Waals surface area contributed by atoms with Crippen molar-refractivity contribution in [3.05, 3.63) is 54.1 Å². The van der Waals surface area contributed by atoms with E-state index in [0.29, 0.717) is 6.54 Å². The van der Waals surface area contributed by atoms with Gasteiger partial charge in [0.15, 0.2) is 0 Å². The number of aliphatic imine (C=N–C) groups is 1. The van der Waals surface area contributed by atoms with Crippen molar-refractivity contribution in [3.8, 4) is 16.9 Å². The molecule has 0 fully saturated rings. The zero-order valence-corrected chi connectivity index (χ0v) is 10.9. The Labute approximate surface area is 112 Å². The van der Waals surface area contributed by atoms with E-state index in [-0.39, 0.29) is 0 Å². The van der Waals surface area contributed by atoms with Crippen LogP contribution in [0.2, 0.25) is 0 Å². The lowest BCUT2D eigenvalue weighted by Gasteiger charge is -2.10. The molecule has 90 valence electrons. The van der Waals surface area contributed by atoms with Crippen LogP contribution in [0.3, 0.4) is 0 Å². The van der Waals surface area contributed by atoms with Crippen LogP contribution in [-0.2, 0) is 6.54 Å². The van der Waals surface area contributed by atoms with Crippen LogP contribution in [0.1, 0.15) is 5.56 Å². The predicted octanol–water partition coefficient (Wildman–Crippen LogP) is 3.97. The number of isothiocyanates is 1. The second-order valence-corrected chi connectivity index (χ2v) is 3.99. The molecule has 2 rings (SSSR count). The van der Waals surface area contributed by atoms with Gasteiger partial charge in [-0.15, -0.1) is 0 Å². The van der Waals surface area contributed by atoms with E-state index in [1.165, 1.54) is 0 Å². The molecule has 0 aromatic heterocycles. The van der Waals surface area contributed by atoms with Crippen LogP contribution in [0.4, 0.5) is 0 Å². The van der Waals surface area contributed by atoms with Crippen molar-refractivity contribution in [2.75, 3.05) is 7.11 Å². The molecule has 0 aliphatic carbocycles. The highest BCUT2D eigenvalue weighted by Gasteiger charge is 2.06. The van der Waals surface area contributed by atoms with Crippen LogP contribution in [0, 0.1) is 0 Å². The summed E-state index contributed by atoms with van der Waals surface area (Å²) in [4.78, 5) is 3.96. The van der Waals surface area contributed by atoms with Crippen molar-refractivity contribution in [2.24, 2.45) is 4.99 Å². The van der Waals surface area contributed by atoms with Crippen molar-refractivity contribution in [2.45, 2.75) is 6.54 Å². The Morgan fingerprint density at radius 3 is 2.61 bits per heavy atom. The Morgan fingerprint density at radius 2 is 1.94 bits per heavy atom. The fourth-order valence-corrected chi connectivity index (χ4v) is 1.88. The monoisotopic (exact) mass is 255 g/mol. The van der Waals surface area contributed by atoms with Gasteiger partial charge in [0.2, 0.25) is 0 Å². The molecular formula is C15H13NOS. The lowest BCUT2D eigenvalue weighted by molar-refractivity contribution is 0.416. The summed E-state index contributed by atoms with van der Waals surface area (Å²) in [6.45, 7) is 0.549. The molecule has 18 heavy (non-hydrogen) atoms. The Hall–Kier alpha value is -1.96. The van der Waals surface area contributed by atoms with Gasteiger partial charge in [-0.05, 0) is 35.5 Å². The Kier molecular flexibility index (Phi) is 4.24. The molecule has 2 nitrogen and oxygen atoms in total. The van der Waals surface area contributed by atoms with Gasteiger partial charge < -0.3 is 4.74 Å². The maximum atomic E-state index is 5.39. The molecule has 0 heterocycles. The summed E-state index contributed by atoms with van der Waals surface area (Å²) in [5.74, 6) is 0.858. The molecule has 0 unspecified atom stereocenters. The number of nitrogens with zero attached hydrogens (tertiary/aromatic N) is 1. The topological polar surface area (TPSA) is 21.6 Å². The Balaban J connectivity index is 2.46. The largest absolute Gasteiger partial charge is 0.496 e. The summed E-state index contributed by atoms with van der Waals surface area (Å²) in [5.41, 5.74) is 3.28. The molecule has 0 bridgehead atoms. The van der Waals surface area contributed by atoms with Crippen molar-refractivity contribution < 1.29 is 4.74 Å². The third-order valence-electron chi connectivity index (χ3n) is 2.67. The lowest BCUT2D eigenvalue weighted by Crippen LogP contribution is -1.90. The number of methoxy groups -OCH3 is 1. The van der Waals surface area contributed by atoms with Gasteiger partial charge in [0.05, 0.1) is 18.8 Å². The molecule has 0 radical (unpaired) electrons. The first-order chi connectivity index (χ1) is 8.85. The van der Waals surface area contributed by atoms with Gasteiger partial charge in [0, 0.05) is 5.56 Å². The van der Waals surface area contributed by atoms with E-state index in [1.54, 1.807) is 7.11 Å². The van der Waals surface area contributed by atoms with E-state index in [2.05, 4.69) is 40.6 Å². The third kappa shape index (κ3) is 2.83. The zero-order chi connectivity index (χ0) is 12.8. The van der Waals surface area contributed by atoms with Crippen molar-refractivity contribution in [1.29, 1.82) is 0 Å². The number of benzene rings is 2. The molecule has 2 aromatic carbocycles. The average Bonchev–Trinajstić information content (AvgIpc) is 2.45. The minimum absolute atomic E-state index is 0.549. The van der Waals surface area contributed by atoms with E-state index in [4.69, 9.17) is 4.74 Å². The number of rotatable bonds is 4. The van der Waals surface area contributed by atoms with Crippen LogP contribution < -0.4 is 4.74 Å². The standard InChI is InChI=1S/C15H13NOS/c1-17-15-8-7-12(10-16-11-18)9-14(15)13-5-3-2-4-6-13/h2-9H,10H2,1H3. The van der Waals surface area contributed by atoms with Crippen molar-refractivity contribution in [1.82, 2.24) is 0 Å². The fourth-order valence-electron chi connectivity index (χ4n) is 1.82. The average molecular weight is 255 g/mol. The van der Waals surface area contributed by atoms with Gasteiger partial charge in [-0.1, -0.05) is 36.4 Å². The van der Waals surface area contributed by atoms with Gasteiger partial charge in [0.25, 0.3) is 0 Å². The second kappa shape index (κ2) is 6.10. The summed E-state index contributed by atoms with van der Waals surface area (Å²) in [7, 11) is 1.68. The minimum atomic E-state index is 0.549. The molecule has 0 N–H and O–H groups in total. The molecular weight excluding hydrogens is 242 g/mol. The molecule has 3 heteroatoms. The fraction of sp³-hybridized carbons (Fsp3) is 0.133. The van der Waals surface area contributed by atoms with Gasteiger partial charge >= 0.3 is 0 Å². The number of thiocarbonyl (C=S) groups is 1. The molecule has 0 spiro atoms. The Bertz CT molecular complexity index is 574. The van der Waals surface area contributed by atoms with Gasteiger partial charge in [-0.3, -0.25) is 0 Å². The van der Waals surface area contributed by atoms with E-state index in [1.807, 2.05) is 30.3 Å². The highest BCUT2D eigenvalue weighted by atomic mass is 32.1.